The van der Waals surface area contributed by atoms with E-state index in [0.717, 1.165) is 38.5 Å². The molecule has 4 nitrogen and oxygen atoms in total. The van der Waals surface area contributed by atoms with E-state index in [4.69, 9.17) is 9.47 Å². The van der Waals surface area contributed by atoms with Gasteiger partial charge in [-0.3, -0.25) is 9.59 Å². The molecule has 36 heavy (non-hydrogen) atoms. The van der Waals surface area contributed by atoms with Crippen molar-refractivity contribution in [1.29, 1.82) is 0 Å². The van der Waals surface area contributed by atoms with E-state index in [1.54, 1.807) is 0 Å². The highest BCUT2D eigenvalue weighted by atomic mass is 16.5. The molecule has 0 amide bonds. The number of ether oxygens (including phenoxy) is 2. The monoisotopic (exact) mass is 510 g/mol. The van der Waals surface area contributed by atoms with Crippen molar-refractivity contribution >= 4 is 11.9 Å². The summed E-state index contributed by atoms with van der Waals surface area (Å²) in [6, 6.07) is 0. The summed E-state index contributed by atoms with van der Waals surface area (Å²) in [6.45, 7) is 5.67. The standard InChI is InChI=1S/C32H62O4/c1-3-5-7-9-21-25-29-35-31(33)27-23-19-17-15-13-11-12-14-16-18-20-24-28-32(34)36-30-26-22-10-8-6-4-2/h3-30H2,1-2H3. The topological polar surface area (TPSA) is 52.6 Å². The number of unbranched alkanes of at least 4 members (excludes halogenated alkanes) is 21. The SMILES string of the molecule is CCCCCCCCOC(=O)CCCCCCCCCCCCCCC(=O)OCCCCCCCC. The molecule has 214 valence electrons. The fourth-order valence-electron chi connectivity index (χ4n) is 4.59. The summed E-state index contributed by atoms with van der Waals surface area (Å²) < 4.78 is 10.7. The fourth-order valence-corrected chi connectivity index (χ4v) is 4.59. The van der Waals surface area contributed by atoms with Crippen LogP contribution in [0.3, 0.4) is 0 Å². The molecule has 0 atom stereocenters. The van der Waals surface area contributed by atoms with Crippen LogP contribution in [0.5, 0.6) is 0 Å². The van der Waals surface area contributed by atoms with Gasteiger partial charge in [-0.25, -0.2) is 0 Å². The van der Waals surface area contributed by atoms with Gasteiger partial charge in [0, 0.05) is 12.8 Å². The molecule has 0 aromatic heterocycles. The van der Waals surface area contributed by atoms with Crippen molar-refractivity contribution < 1.29 is 19.1 Å². The number of carbonyl (C=O) groups excluding carboxylic acids is 2. The molecule has 0 spiro atoms. The first kappa shape index (κ1) is 34.9. The molecule has 0 heterocycles. The number of hydrogen-bond donors (Lipinski definition) is 0. The third-order valence-corrected chi connectivity index (χ3v) is 7.03. The van der Waals surface area contributed by atoms with E-state index >= 15 is 0 Å². The van der Waals surface area contributed by atoms with Crippen LogP contribution in [0.4, 0.5) is 0 Å². The number of rotatable bonds is 29. The van der Waals surface area contributed by atoms with Gasteiger partial charge in [0.25, 0.3) is 0 Å². The Labute approximate surface area is 225 Å². The largest absolute Gasteiger partial charge is 0.466 e. The molecule has 0 bridgehead atoms. The zero-order valence-corrected chi connectivity index (χ0v) is 24.4. The minimum Gasteiger partial charge on any atom is -0.466 e. The van der Waals surface area contributed by atoms with Crippen LogP contribution in [0.2, 0.25) is 0 Å². The maximum absolute atomic E-state index is 11.8. The summed E-state index contributed by atoms with van der Waals surface area (Å²) in [5, 5.41) is 0. The predicted octanol–water partition coefficient (Wildman–Crippen LogP) is 10.3. The van der Waals surface area contributed by atoms with Gasteiger partial charge in [0.1, 0.15) is 0 Å². The zero-order valence-electron chi connectivity index (χ0n) is 24.4. The van der Waals surface area contributed by atoms with Gasteiger partial charge in [0.2, 0.25) is 0 Å². The number of hydrogen-bond acceptors (Lipinski definition) is 4. The number of esters is 2. The van der Waals surface area contributed by atoms with Gasteiger partial charge in [-0.05, 0) is 25.7 Å². The number of carbonyl (C=O) groups is 2. The van der Waals surface area contributed by atoms with Gasteiger partial charge in [-0.1, -0.05) is 142 Å². The summed E-state index contributed by atoms with van der Waals surface area (Å²) in [5.41, 5.74) is 0. The van der Waals surface area contributed by atoms with Crippen molar-refractivity contribution in [1.82, 2.24) is 0 Å². The van der Waals surface area contributed by atoms with Crippen LogP contribution < -0.4 is 0 Å². The highest BCUT2D eigenvalue weighted by molar-refractivity contribution is 5.69. The Hall–Kier alpha value is -1.06. The highest BCUT2D eigenvalue weighted by Crippen LogP contribution is 2.14. The zero-order chi connectivity index (χ0) is 26.4. The molecule has 0 unspecified atom stereocenters. The quantitative estimate of drug-likeness (QED) is 0.0741. The molecule has 0 aromatic rings. The molecule has 0 aromatic carbocycles. The Bertz CT molecular complexity index is 421. The second-order valence-corrected chi connectivity index (χ2v) is 10.7. The van der Waals surface area contributed by atoms with E-state index in [0.29, 0.717) is 26.1 Å². The van der Waals surface area contributed by atoms with Gasteiger partial charge in [0.05, 0.1) is 13.2 Å². The van der Waals surface area contributed by atoms with Crippen LogP contribution in [-0.2, 0) is 19.1 Å². The minimum absolute atomic E-state index is 0.00591. The Morgan fingerprint density at radius 2 is 0.611 bits per heavy atom. The van der Waals surface area contributed by atoms with Crippen LogP contribution in [-0.4, -0.2) is 25.2 Å². The molecular formula is C32H62O4. The van der Waals surface area contributed by atoms with Crippen molar-refractivity contribution in [3.05, 3.63) is 0 Å². The van der Waals surface area contributed by atoms with Crippen molar-refractivity contribution in [2.75, 3.05) is 13.2 Å². The molecule has 4 heteroatoms. The minimum atomic E-state index is -0.00591. The average Bonchev–Trinajstić information content (AvgIpc) is 2.87. The normalized spacial score (nSPS) is 11.1. The lowest BCUT2D eigenvalue weighted by molar-refractivity contribution is -0.144. The molecule has 0 aliphatic heterocycles. The molecule has 0 N–H and O–H groups in total. The molecule has 0 saturated carbocycles. The Balaban J connectivity index is 3.20. The van der Waals surface area contributed by atoms with Gasteiger partial charge in [-0.2, -0.15) is 0 Å². The molecular weight excluding hydrogens is 448 g/mol. The molecule has 0 radical (unpaired) electrons. The Kier molecular flexibility index (Phi) is 29.3. The highest BCUT2D eigenvalue weighted by Gasteiger charge is 2.04. The van der Waals surface area contributed by atoms with Crippen LogP contribution in [0.25, 0.3) is 0 Å². The second-order valence-electron chi connectivity index (χ2n) is 10.7. The van der Waals surface area contributed by atoms with Gasteiger partial charge >= 0.3 is 11.9 Å². The van der Waals surface area contributed by atoms with E-state index in [1.165, 1.54) is 116 Å². The van der Waals surface area contributed by atoms with Crippen molar-refractivity contribution in [2.24, 2.45) is 0 Å². The third-order valence-electron chi connectivity index (χ3n) is 7.03. The summed E-state index contributed by atoms with van der Waals surface area (Å²) in [6.07, 6.45) is 30.5. The smallest absolute Gasteiger partial charge is 0.305 e. The van der Waals surface area contributed by atoms with Crippen LogP contribution >= 0.6 is 0 Å². The first-order valence-corrected chi connectivity index (χ1v) is 16.0. The molecule has 0 aliphatic rings. The summed E-state index contributed by atoms with van der Waals surface area (Å²) in [4.78, 5) is 23.5. The molecule has 0 fully saturated rings. The first-order chi connectivity index (χ1) is 17.7. The van der Waals surface area contributed by atoms with E-state index in [-0.39, 0.29) is 11.9 Å². The summed E-state index contributed by atoms with van der Waals surface area (Å²) in [5.74, 6) is -0.0118. The Morgan fingerprint density at radius 1 is 0.361 bits per heavy atom. The lowest BCUT2D eigenvalue weighted by atomic mass is 10.0. The van der Waals surface area contributed by atoms with Gasteiger partial charge < -0.3 is 9.47 Å². The lowest BCUT2D eigenvalue weighted by Crippen LogP contribution is -2.05. The predicted molar refractivity (Wildman–Crippen MR) is 153 cm³/mol. The summed E-state index contributed by atoms with van der Waals surface area (Å²) in [7, 11) is 0. The van der Waals surface area contributed by atoms with Crippen LogP contribution in [0.1, 0.15) is 181 Å². The van der Waals surface area contributed by atoms with Crippen molar-refractivity contribution in [3.8, 4) is 0 Å². The lowest BCUT2D eigenvalue weighted by Gasteiger charge is -2.06. The van der Waals surface area contributed by atoms with E-state index in [2.05, 4.69) is 13.8 Å². The van der Waals surface area contributed by atoms with Crippen molar-refractivity contribution in [2.45, 2.75) is 181 Å². The first-order valence-electron chi connectivity index (χ1n) is 16.0. The third kappa shape index (κ3) is 29.2. The van der Waals surface area contributed by atoms with Crippen LogP contribution in [0.15, 0.2) is 0 Å². The summed E-state index contributed by atoms with van der Waals surface area (Å²) >= 11 is 0. The molecule has 0 rings (SSSR count). The molecule has 0 aliphatic carbocycles. The second kappa shape index (κ2) is 30.2. The van der Waals surface area contributed by atoms with E-state index in [1.807, 2.05) is 0 Å². The van der Waals surface area contributed by atoms with Gasteiger partial charge in [-0.15, -0.1) is 0 Å². The van der Waals surface area contributed by atoms with Gasteiger partial charge in [0.15, 0.2) is 0 Å². The Morgan fingerprint density at radius 3 is 0.917 bits per heavy atom. The average molecular weight is 511 g/mol. The van der Waals surface area contributed by atoms with E-state index < -0.39 is 0 Å². The fraction of sp³-hybridized carbons (Fsp3) is 0.938. The molecule has 0 saturated heterocycles. The van der Waals surface area contributed by atoms with E-state index in [9.17, 15) is 9.59 Å². The maximum atomic E-state index is 11.8. The van der Waals surface area contributed by atoms with Crippen LogP contribution in [0, 0.1) is 0 Å². The van der Waals surface area contributed by atoms with Crippen molar-refractivity contribution in [3.63, 3.8) is 0 Å². The maximum Gasteiger partial charge on any atom is 0.305 e.